The van der Waals surface area contributed by atoms with Crippen LogP contribution in [0.1, 0.15) is 0 Å². The molecule has 0 saturated heterocycles. The van der Waals surface area contributed by atoms with Gasteiger partial charge in [0.2, 0.25) is 5.75 Å². The van der Waals surface area contributed by atoms with Gasteiger partial charge in [0, 0.05) is 22.2 Å². The predicted octanol–water partition coefficient (Wildman–Crippen LogP) is 5.48. The molecule has 0 radical (unpaired) electrons. The lowest BCUT2D eigenvalue weighted by Gasteiger charge is -2.16. The highest BCUT2D eigenvalue weighted by Crippen LogP contribution is 2.41. The standard InChI is InChI=1S/C22H19BrN2O3/c1-26-19-12-14(13-20(27-2)21(19)28-3)25-18-11-7-6-10-17(18)24-22(25)15-8-4-5-9-16(15)23/h4-13H,1-3H3. The van der Waals surface area contributed by atoms with Gasteiger partial charge < -0.3 is 14.2 Å². The Kier molecular flexibility index (Phi) is 4.96. The van der Waals surface area contributed by atoms with Gasteiger partial charge in [-0.2, -0.15) is 0 Å². The van der Waals surface area contributed by atoms with Gasteiger partial charge in [0.05, 0.1) is 38.1 Å². The van der Waals surface area contributed by atoms with Gasteiger partial charge in [-0.1, -0.05) is 46.3 Å². The molecule has 0 aliphatic carbocycles. The van der Waals surface area contributed by atoms with E-state index in [1.807, 2.05) is 60.7 Å². The Morgan fingerprint density at radius 1 is 0.821 bits per heavy atom. The van der Waals surface area contributed by atoms with Crippen LogP contribution in [0.25, 0.3) is 28.1 Å². The largest absolute Gasteiger partial charge is 0.493 e. The van der Waals surface area contributed by atoms with E-state index in [1.165, 1.54) is 0 Å². The molecule has 0 fully saturated rings. The number of hydrogen-bond acceptors (Lipinski definition) is 4. The number of aromatic nitrogens is 2. The van der Waals surface area contributed by atoms with Crippen LogP contribution in [0.15, 0.2) is 65.1 Å². The van der Waals surface area contributed by atoms with Crippen LogP contribution in [-0.4, -0.2) is 30.9 Å². The zero-order valence-electron chi connectivity index (χ0n) is 15.8. The van der Waals surface area contributed by atoms with Gasteiger partial charge in [0.1, 0.15) is 5.82 Å². The third-order valence-corrected chi connectivity index (χ3v) is 5.27. The van der Waals surface area contributed by atoms with Crippen LogP contribution in [0.2, 0.25) is 0 Å². The van der Waals surface area contributed by atoms with Crippen molar-refractivity contribution in [2.24, 2.45) is 0 Å². The maximum Gasteiger partial charge on any atom is 0.203 e. The van der Waals surface area contributed by atoms with E-state index in [1.54, 1.807) is 21.3 Å². The third kappa shape index (κ3) is 2.99. The molecular weight excluding hydrogens is 420 g/mol. The lowest BCUT2D eigenvalue weighted by molar-refractivity contribution is 0.324. The summed E-state index contributed by atoms with van der Waals surface area (Å²) in [5.41, 5.74) is 3.76. The number of imidazole rings is 1. The van der Waals surface area contributed by atoms with Crippen molar-refractivity contribution < 1.29 is 14.2 Å². The van der Waals surface area contributed by atoms with Crippen molar-refractivity contribution >= 4 is 27.0 Å². The molecule has 0 spiro atoms. The average Bonchev–Trinajstić information content (AvgIpc) is 3.12. The lowest BCUT2D eigenvalue weighted by atomic mass is 10.2. The Labute approximate surface area is 171 Å². The summed E-state index contributed by atoms with van der Waals surface area (Å²) in [5, 5.41) is 0. The Hall–Kier alpha value is -2.99. The van der Waals surface area contributed by atoms with Crippen LogP contribution in [0.3, 0.4) is 0 Å². The number of fused-ring (bicyclic) bond motifs is 1. The van der Waals surface area contributed by atoms with Crippen molar-refractivity contribution in [2.45, 2.75) is 0 Å². The van der Waals surface area contributed by atoms with Crippen LogP contribution in [-0.2, 0) is 0 Å². The Balaban J connectivity index is 2.07. The maximum atomic E-state index is 5.55. The normalized spacial score (nSPS) is 10.9. The second-order valence-corrected chi connectivity index (χ2v) is 6.98. The SMILES string of the molecule is COc1cc(-n2c(-c3ccccc3Br)nc3ccccc32)cc(OC)c1OC. The van der Waals surface area contributed by atoms with Gasteiger partial charge in [-0.25, -0.2) is 4.98 Å². The van der Waals surface area contributed by atoms with Crippen LogP contribution >= 0.6 is 15.9 Å². The van der Waals surface area contributed by atoms with Crippen LogP contribution in [0.4, 0.5) is 0 Å². The highest BCUT2D eigenvalue weighted by atomic mass is 79.9. The molecule has 0 amide bonds. The minimum absolute atomic E-state index is 0.556. The molecule has 0 unspecified atom stereocenters. The monoisotopic (exact) mass is 438 g/mol. The zero-order chi connectivity index (χ0) is 19.7. The first kappa shape index (κ1) is 18.4. The van der Waals surface area contributed by atoms with E-state index in [9.17, 15) is 0 Å². The second-order valence-electron chi connectivity index (χ2n) is 6.12. The van der Waals surface area contributed by atoms with Crippen LogP contribution in [0, 0.1) is 0 Å². The van der Waals surface area contributed by atoms with E-state index in [4.69, 9.17) is 19.2 Å². The van der Waals surface area contributed by atoms with Crippen molar-refractivity contribution in [1.29, 1.82) is 0 Å². The molecule has 4 aromatic rings. The summed E-state index contributed by atoms with van der Waals surface area (Å²) < 4.78 is 19.6. The van der Waals surface area contributed by atoms with Crippen molar-refractivity contribution in [3.8, 4) is 34.3 Å². The fourth-order valence-corrected chi connectivity index (χ4v) is 3.77. The molecule has 0 aliphatic rings. The maximum absolute atomic E-state index is 5.55. The summed E-state index contributed by atoms with van der Waals surface area (Å²) >= 11 is 3.65. The predicted molar refractivity (Wildman–Crippen MR) is 114 cm³/mol. The van der Waals surface area contributed by atoms with E-state index in [-0.39, 0.29) is 0 Å². The van der Waals surface area contributed by atoms with E-state index < -0.39 is 0 Å². The summed E-state index contributed by atoms with van der Waals surface area (Å²) in [6, 6.07) is 19.9. The number of benzene rings is 3. The second kappa shape index (κ2) is 7.56. The van der Waals surface area contributed by atoms with Crippen molar-refractivity contribution in [3.63, 3.8) is 0 Å². The number of para-hydroxylation sites is 2. The van der Waals surface area contributed by atoms with Gasteiger partial charge >= 0.3 is 0 Å². The molecule has 1 heterocycles. The molecule has 28 heavy (non-hydrogen) atoms. The van der Waals surface area contributed by atoms with Crippen molar-refractivity contribution in [1.82, 2.24) is 9.55 Å². The average molecular weight is 439 g/mol. The van der Waals surface area contributed by atoms with Crippen LogP contribution in [0.5, 0.6) is 17.2 Å². The minimum atomic E-state index is 0.556. The molecular formula is C22H19BrN2O3. The van der Waals surface area contributed by atoms with E-state index in [0.29, 0.717) is 17.2 Å². The topological polar surface area (TPSA) is 45.5 Å². The quantitative estimate of drug-likeness (QED) is 0.413. The van der Waals surface area contributed by atoms with Gasteiger partial charge in [0.25, 0.3) is 0 Å². The summed E-state index contributed by atoms with van der Waals surface area (Å²) in [7, 11) is 4.82. The van der Waals surface area contributed by atoms with Gasteiger partial charge in [-0.15, -0.1) is 0 Å². The van der Waals surface area contributed by atoms with Gasteiger partial charge in [0.15, 0.2) is 11.5 Å². The first-order chi connectivity index (χ1) is 13.7. The fraction of sp³-hybridized carbons (Fsp3) is 0.136. The number of methoxy groups -OCH3 is 3. The first-order valence-electron chi connectivity index (χ1n) is 8.70. The van der Waals surface area contributed by atoms with Crippen molar-refractivity contribution in [3.05, 3.63) is 65.1 Å². The lowest BCUT2D eigenvalue weighted by Crippen LogP contribution is -2.02. The van der Waals surface area contributed by atoms with E-state index in [2.05, 4.69) is 20.5 Å². The number of halogens is 1. The summed E-state index contributed by atoms with van der Waals surface area (Å²) in [4.78, 5) is 4.89. The van der Waals surface area contributed by atoms with Gasteiger partial charge in [-0.3, -0.25) is 4.57 Å². The van der Waals surface area contributed by atoms with E-state index in [0.717, 1.165) is 32.6 Å². The summed E-state index contributed by atoms with van der Waals surface area (Å²) in [6.45, 7) is 0. The molecule has 0 atom stereocenters. The summed E-state index contributed by atoms with van der Waals surface area (Å²) in [5.74, 6) is 2.56. The molecule has 0 bridgehead atoms. The minimum Gasteiger partial charge on any atom is -0.493 e. The first-order valence-corrected chi connectivity index (χ1v) is 9.50. The molecule has 142 valence electrons. The fourth-order valence-electron chi connectivity index (χ4n) is 3.31. The number of hydrogen-bond donors (Lipinski definition) is 0. The summed E-state index contributed by atoms with van der Waals surface area (Å²) in [6.07, 6.45) is 0. The Morgan fingerprint density at radius 3 is 2.11 bits per heavy atom. The Morgan fingerprint density at radius 2 is 1.46 bits per heavy atom. The highest BCUT2D eigenvalue weighted by Gasteiger charge is 2.20. The number of nitrogens with zero attached hydrogens (tertiary/aromatic N) is 2. The van der Waals surface area contributed by atoms with E-state index >= 15 is 0 Å². The van der Waals surface area contributed by atoms with Crippen molar-refractivity contribution in [2.75, 3.05) is 21.3 Å². The molecule has 0 N–H and O–H groups in total. The molecule has 0 aliphatic heterocycles. The molecule has 3 aromatic carbocycles. The van der Waals surface area contributed by atoms with Gasteiger partial charge in [-0.05, 0) is 18.2 Å². The number of rotatable bonds is 5. The smallest absolute Gasteiger partial charge is 0.203 e. The molecule has 6 heteroatoms. The highest BCUT2D eigenvalue weighted by molar-refractivity contribution is 9.10. The number of ether oxygens (including phenoxy) is 3. The molecule has 5 nitrogen and oxygen atoms in total. The Bertz CT molecular complexity index is 1130. The third-order valence-electron chi connectivity index (χ3n) is 4.58. The van der Waals surface area contributed by atoms with Crippen LogP contribution < -0.4 is 14.2 Å². The zero-order valence-corrected chi connectivity index (χ0v) is 17.4. The molecule has 1 aromatic heterocycles. The molecule has 4 rings (SSSR count). The molecule has 0 saturated carbocycles.